The van der Waals surface area contributed by atoms with E-state index >= 15 is 0 Å². The molecule has 2 heterocycles. The standard InChI is InChI=1S/C20H23BrClN7O3/c1-11(31)12(2)32-18-15(21)9-24-20(29-18)27-14-5-3-13(4-6-14)26-19-25-10-16(22)17(28-19)23-7-8-30/h3-6,9-12,30-31H,7-8H2,1-2H3,(H,24,27,29)(H2,23,25,26,28)/t11-,12-/m1/s1. The quantitative estimate of drug-likeness (QED) is 0.267. The van der Waals surface area contributed by atoms with E-state index in [1.165, 1.54) is 6.20 Å². The Labute approximate surface area is 198 Å². The fourth-order valence-corrected chi connectivity index (χ4v) is 2.83. The van der Waals surface area contributed by atoms with Crippen molar-refractivity contribution in [2.45, 2.75) is 26.1 Å². The molecule has 0 aliphatic heterocycles. The summed E-state index contributed by atoms with van der Waals surface area (Å²) in [4.78, 5) is 17.0. The van der Waals surface area contributed by atoms with Crippen LogP contribution in [0, 0.1) is 0 Å². The van der Waals surface area contributed by atoms with Crippen LogP contribution in [0.2, 0.25) is 5.02 Å². The molecule has 3 aromatic rings. The van der Waals surface area contributed by atoms with Gasteiger partial charge in [0.2, 0.25) is 17.8 Å². The van der Waals surface area contributed by atoms with Gasteiger partial charge in [-0.3, -0.25) is 0 Å². The smallest absolute Gasteiger partial charge is 0.233 e. The lowest BCUT2D eigenvalue weighted by molar-refractivity contribution is 0.0569. The molecule has 3 rings (SSSR count). The first-order valence-corrected chi connectivity index (χ1v) is 10.9. The third-order valence-corrected chi connectivity index (χ3v) is 5.05. The molecular weight excluding hydrogens is 502 g/mol. The Morgan fingerprint density at radius 3 is 2.22 bits per heavy atom. The van der Waals surface area contributed by atoms with E-state index in [9.17, 15) is 5.11 Å². The van der Waals surface area contributed by atoms with Crippen LogP contribution >= 0.6 is 27.5 Å². The van der Waals surface area contributed by atoms with Gasteiger partial charge in [0.15, 0.2) is 5.82 Å². The van der Waals surface area contributed by atoms with Crippen molar-refractivity contribution in [3.63, 3.8) is 0 Å². The van der Waals surface area contributed by atoms with Crippen molar-refractivity contribution in [1.82, 2.24) is 19.9 Å². The Morgan fingerprint density at radius 2 is 1.62 bits per heavy atom. The Morgan fingerprint density at radius 1 is 1.03 bits per heavy atom. The lowest BCUT2D eigenvalue weighted by Crippen LogP contribution is -2.26. The first kappa shape index (κ1) is 23.9. The molecule has 0 amide bonds. The first-order chi connectivity index (χ1) is 15.4. The number of nitrogens with zero attached hydrogens (tertiary/aromatic N) is 4. The van der Waals surface area contributed by atoms with Gasteiger partial charge in [-0.25, -0.2) is 9.97 Å². The molecule has 0 saturated carbocycles. The van der Waals surface area contributed by atoms with E-state index in [-0.39, 0.29) is 6.61 Å². The normalized spacial score (nSPS) is 12.7. The van der Waals surface area contributed by atoms with Crippen molar-refractivity contribution in [1.29, 1.82) is 0 Å². The van der Waals surface area contributed by atoms with Gasteiger partial charge in [0.25, 0.3) is 0 Å². The summed E-state index contributed by atoms with van der Waals surface area (Å²) in [7, 11) is 0. The maximum atomic E-state index is 9.64. The molecule has 0 aliphatic rings. The molecule has 0 spiro atoms. The number of anilines is 5. The van der Waals surface area contributed by atoms with Gasteiger partial charge in [-0.2, -0.15) is 9.97 Å². The Hall–Kier alpha value is -2.73. The van der Waals surface area contributed by atoms with Gasteiger partial charge < -0.3 is 30.9 Å². The minimum absolute atomic E-state index is 0.0349. The van der Waals surface area contributed by atoms with Gasteiger partial charge in [0, 0.05) is 17.9 Å². The molecule has 0 radical (unpaired) electrons. The minimum Gasteiger partial charge on any atom is -0.471 e. The van der Waals surface area contributed by atoms with E-state index in [4.69, 9.17) is 21.4 Å². The van der Waals surface area contributed by atoms with Crippen LogP contribution in [0.4, 0.5) is 29.1 Å². The summed E-state index contributed by atoms with van der Waals surface area (Å²) >= 11 is 9.41. The zero-order chi connectivity index (χ0) is 23.1. The summed E-state index contributed by atoms with van der Waals surface area (Å²) in [6.45, 7) is 3.70. The van der Waals surface area contributed by atoms with Gasteiger partial charge in [0.1, 0.15) is 11.1 Å². The molecule has 0 bridgehead atoms. The third kappa shape index (κ3) is 6.63. The fraction of sp³-hybridized carbons (Fsp3) is 0.300. The van der Waals surface area contributed by atoms with Crippen LogP contribution in [-0.4, -0.2) is 55.5 Å². The largest absolute Gasteiger partial charge is 0.471 e. The first-order valence-electron chi connectivity index (χ1n) is 9.74. The Bertz CT molecular complexity index is 1040. The average Bonchev–Trinajstić information content (AvgIpc) is 2.77. The molecule has 10 nitrogen and oxygen atoms in total. The summed E-state index contributed by atoms with van der Waals surface area (Å²) in [6, 6.07) is 7.36. The SMILES string of the molecule is C[C@@H](O)[C@@H](C)Oc1nc(Nc2ccc(Nc3ncc(Cl)c(NCCO)n3)cc2)ncc1Br. The van der Waals surface area contributed by atoms with Crippen molar-refractivity contribution >= 4 is 56.6 Å². The number of aromatic nitrogens is 4. The lowest BCUT2D eigenvalue weighted by atomic mass is 10.3. The molecule has 1 aromatic carbocycles. The van der Waals surface area contributed by atoms with Crippen LogP contribution in [0.1, 0.15) is 13.8 Å². The van der Waals surface area contributed by atoms with E-state index in [0.717, 1.165) is 11.4 Å². The summed E-state index contributed by atoms with van der Waals surface area (Å²) in [5.41, 5.74) is 1.52. The van der Waals surface area contributed by atoms with Gasteiger partial charge in [-0.15, -0.1) is 0 Å². The maximum absolute atomic E-state index is 9.64. The number of aliphatic hydroxyl groups excluding tert-OH is 2. The molecule has 0 unspecified atom stereocenters. The van der Waals surface area contributed by atoms with Crippen LogP contribution in [0.25, 0.3) is 0 Å². The predicted molar refractivity (Wildman–Crippen MR) is 127 cm³/mol. The van der Waals surface area contributed by atoms with Crippen LogP contribution in [0.3, 0.4) is 0 Å². The van der Waals surface area contributed by atoms with E-state index < -0.39 is 12.2 Å². The van der Waals surface area contributed by atoms with Crippen LogP contribution in [0.5, 0.6) is 5.88 Å². The number of nitrogens with one attached hydrogen (secondary N) is 3. The second kappa shape index (κ2) is 11.2. The van der Waals surface area contributed by atoms with E-state index in [2.05, 4.69) is 51.8 Å². The Kier molecular flexibility index (Phi) is 8.39. The number of hydrogen-bond acceptors (Lipinski definition) is 10. The molecule has 0 saturated heterocycles. The molecule has 32 heavy (non-hydrogen) atoms. The zero-order valence-corrected chi connectivity index (χ0v) is 19.7. The monoisotopic (exact) mass is 523 g/mol. The topological polar surface area (TPSA) is 137 Å². The average molecular weight is 525 g/mol. The van der Waals surface area contributed by atoms with Gasteiger partial charge in [0.05, 0.1) is 29.6 Å². The summed E-state index contributed by atoms with van der Waals surface area (Å²) in [5.74, 6) is 1.48. The minimum atomic E-state index is -0.639. The molecule has 5 N–H and O–H groups in total. The molecule has 0 aliphatic carbocycles. The highest BCUT2D eigenvalue weighted by atomic mass is 79.9. The molecule has 12 heteroatoms. The molecule has 0 fully saturated rings. The summed E-state index contributed by atoms with van der Waals surface area (Å²) in [5, 5.41) is 28.1. The number of hydrogen-bond donors (Lipinski definition) is 5. The van der Waals surface area contributed by atoms with Crippen LogP contribution in [-0.2, 0) is 0 Å². The second-order valence-electron chi connectivity index (χ2n) is 6.78. The van der Waals surface area contributed by atoms with Crippen molar-refractivity contribution in [3.8, 4) is 5.88 Å². The number of halogens is 2. The summed E-state index contributed by atoms with van der Waals surface area (Å²) in [6.07, 6.45) is 2.00. The number of aliphatic hydroxyl groups is 2. The Balaban J connectivity index is 1.66. The van der Waals surface area contributed by atoms with Crippen molar-refractivity contribution in [2.75, 3.05) is 29.1 Å². The molecule has 170 valence electrons. The van der Waals surface area contributed by atoms with Crippen molar-refractivity contribution < 1.29 is 14.9 Å². The zero-order valence-electron chi connectivity index (χ0n) is 17.4. The maximum Gasteiger partial charge on any atom is 0.233 e. The lowest BCUT2D eigenvalue weighted by Gasteiger charge is -2.17. The number of benzene rings is 1. The highest BCUT2D eigenvalue weighted by molar-refractivity contribution is 9.10. The van der Waals surface area contributed by atoms with E-state index in [1.54, 1.807) is 20.0 Å². The van der Waals surface area contributed by atoms with Gasteiger partial charge in [-0.1, -0.05) is 11.6 Å². The fourth-order valence-electron chi connectivity index (χ4n) is 2.39. The number of ether oxygens (including phenoxy) is 1. The second-order valence-corrected chi connectivity index (χ2v) is 8.04. The van der Waals surface area contributed by atoms with E-state index in [1.807, 2.05) is 24.3 Å². The van der Waals surface area contributed by atoms with Gasteiger partial charge in [-0.05, 0) is 54.0 Å². The van der Waals surface area contributed by atoms with Crippen molar-refractivity contribution in [3.05, 3.63) is 46.2 Å². The number of rotatable bonds is 10. The molecule has 2 aromatic heterocycles. The predicted octanol–water partition coefficient (Wildman–Crippen LogP) is 3.72. The summed E-state index contributed by atoms with van der Waals surface area (Å²) < 4.78 is 6.26. The highest BCUT2D eigenvalue weighted by Gasteiger charge is 2.15. The van der Waals surface area contributed by atoms with Crippen LogP contribution < -0.4 is 20.7 Å². The van der Waals surface area contributed by atoms with E-state index in [0.29, 0.717) is 39.6 Å². The van der Waals surface area contributed by atoms with Crippen molar-refractivity contribution in [2.24, 2.45) is 0 Å². The van der Waals surface area contributed by atoms with Gasteiger partial charge >= 0.3 is 0 Å². The third-order valence-electron chi connectivity index (χ3n) is 4.23. The molecular formula is C20H23BrClN7O3. The highest BCUT2D eigenvalue weighted by Crippen LogP contribution is 2.26. The molecule has 2 atom stereocenters. The van der Waals surface area contributed by atoms with Crippen LogP contribution in [0.15, 0.2) is 41.1 Å².